The molecule has 0 N–H and O–H groups in total. The highest BCUT2D eigenvalue weighted by atomic mass is 19.1. The number of carbonyl (C=O) groups is 2. The van der Waals surface area contributed by atoms with Gasteiger partial charge in [-0.15, -0.1) is 0 Å². The van der Waals surface area contributed by atoms with Crippen LogP contribution < -0.4 is 4.90 Å². The van der Waals surface area contributed by atoms with Gasteiger partial charge in [-0.1, -0.05) is 0 Å². The molecule has 4 rings (SSSR count). The van der Waals surface area contributed by atoms with E-state index in [1.165, 1.54) is 18.5 Å². The van der Waals surface area contributed by atoms with Crippen LogP contribution in [0.2, 0.25) is 0 Å². The van der Waals surface area contributed by atoms with Crippen molar-refractivity contribution in [3.8, 4) is 0 Å². The van der Waals surface area contributed by atoms with Crippen LogP contribution >= 0.6 is 0 Å². The number of nitrogens with zero attached hydrogens (tertiary/aromatic N) is 3. The van der Waals surface area contributed by atoms with E-state index >= 15 is 0 Å². The Labute approximate surface area is 149 Å². The zero-order valence-corrected chi connectivity index (χ0v) is 14.3. The van der Waals surface area contributed by atoms with Gasteiger partial charge in [-0.05, 0) is 37.6 Å². The number of aryl methyl sites for hydroxylation is 1. The van der Waals surface area contributed by atoms with Crippen LogP contribution in [0, 0.1) is 12.7 Å². The summed E-state index contributed by atoms with van der Waals surface area (Å²) in [6.45, 7) is 2.82. The van der Waals surface area contributed by atoms with E-state index in [1.807, 2.05) is 0 Å². The summed E-state index contributed by atoms with van der Waals surface area (Å²) in [5.41, 5.74) is 0.288. The van der Waals surface area contributed by atoms with Gasteiger partial charge in [-0.2, -0.15) is 0 Å². The monoisotopic (exact) mass is 359 g/mol. The van der Waals surface area contributed by atoms with Crippen molar-refractivity contribution in [3.05, 3.63) is 47.9 Å². The lowest BCUT2D eigenvalue weighted by Gasteiger charge is -2.40. The molecule has 2 fully saturated rings. The summed E-state index contributed by atoms with van der Waals surface area (Å²) in [5.74, 6) is -0.269. The van der Waals surface area contributed by atoms with Gasteiger partial charge in [-0.3, -0.25) is 9.59 Å². The maximum Gasteiger partial charge on any atom is 0.276 e. The van der Waals surface area contributed by atoms with Gasteiger partial charge in [0.2, 0.25) is 0 Å². The summed E-state index contributed by atoms with van der Waals surface area (Å²) in [6.07, 6.45) is 1.86. The van der Waals surface area contributed by atoms with E-state index in [2.05, 4.69) is 4.98 Å². The molecule has 2 aliphatic rings. The Bertz CT molecular complexity index is 850. The molecular formula is C18H18FN3O4. The molecule has 2 saturated heterocycles. The molecule has 2 aromatic rings. The lowest BCUT2D eigenvalue weighted by Crippen LogP contribution is -2.56. The van der Waals surface area contributed by atoms with Gasteiger partial charge < -0.3 is 19.0 Å². The number of rotatable bonds is 2. The predicted octanol–water partition coefficient (Wildman–Crippen LogP) is 1.77. The Morgan fingerprint density at radius 2 is 2.04 bits per heavy atom. The molecule has 8 heteroatoms. The van der Waals surface area contributed by atoms with Gasteiger partial charge in [0.05, 0.1) is 13.1 Å². The van der Waals surface area contributed by atoms with Crippen LogP contribution in [0.5, 0.6) is 0 Å². The summed E-state index contributed by atoms with van der Waals surface area (Å²) in [5, 5.41) is 0. The summed E-state index contributed by atoms with van der Waals surface area (Å²) < 4.78 is 24.1. The molecule has 1 aromatic heterocycles. The summed E-state index contributed by atoms with van der Waals surface area (Å²) in [4.78, 5) is 32.1. The number of hydrogen-bond acceptors (Lipinski definition) is 5. The predicted molar refractivity (Wildman–Crippen MR) is 89.2 cm³/mol. The Hall–Kier alpha value is -2.74. The second-order valence-electron chi connectivity index (χ2n) is 6.66. The molecular weight excluding hydrogens is 341 g/mol. The molecule has 1 unspecified atom stereocenters. The van der Waals surface area contributed by atoms with E-state index in [1.54, 1.807) is 28.9 Å². The van der Waals surface area contributed by atoms with Gasteiger partial charge in [0.15, 0.2) is 12.1 Å². The molecule has 3 heterocycles. The number of likely N-dealkylation sites (tertiary alicyclic amines) is 1. The van der Waals surface area contributed by atoms with Crippen molar-refractivity contribution >= 4 is 17.5 Å². The number of benzene rings is 1. The number of amides is 2. The van der Waals surface area contributed by atoms with Crippen LogP contribution in [-0.4, -0.2) is 53.5 Å². The maximum absolute atomic E-state index is 13.2. The lowest BCUT2D eigenvalue weighted by molar-refractivity contribution is -0.137. The minimum Gasteiger partial charge on any atom is -0.448 e. The van der Waals surface area contributed by atoms with Crippen LogP contribution in [0.1, 0.15) is 22.7 Å². The maximum atomic E-state index is 13.2. The topological polar surface area (TPSA) is 75.9 Å². The first-order valence-electron chi connectivity index (χ1n) is 8.37. The Balaban J connectivity index is 1.52. The Morgan fingerprint density at radius 3 is 2.73 bits per heavy atom. The molecule has 1 aromatic carbocycles. The number of ether oxygens (including phenoxy) is 1. The summed E-state index contributed by atoms with van der Waals surface area (Å²) in [7, 11) is 0. The molecule has 1 spiro atoms. The van der Waals surface area contributed by atoms with Gasteiger partial charge in [0.25, 0.3) is 11.8 Å². The van der Waals surface area contributed by atoms with Crippen LogP contribution in [0.4, 0.5) is 10.1 Å². The average Bonchev–Trinajstić information content (AvgIpc) is 3.24. The van der Waals surface area contributed by atoms with Crippen LogP contribution in [0.25, 0.3) is 0 Å². The van der Waals surface area contributed by atoms with Crippen LogP contribution in [0.15, 0.2) is 35.1 Å². The van der Waals surface area contributed by atoms with Crippen molar-refractivity contribution in [1.29, 1.82) is 0 Å². The fraction of sp³-hybridized carbons (Fsp3) is 0.389. The quantitative estimate of drug-likeness (QED) is 0.817. The molecule has 0 aliphatic carbocycles. The smallest absolute Gasteiger partial charge is 0.276 e. The van der Waals surface area contributed by atoms with Crippen LogP contribution in [-0.2, 0) is 9.53 Å². The van der Waals surface area contributed by atoms with Crippen molar-refractivity contribution in [1.82, 2.24) is 9.88 Å². The Morgan fingerprint density at radius 1 is 1.27 bits per heavy atom. The second kappa shape index (κ2) is 6.21. The normalized spacial score (nSPS) is 23.1. The molecule has 0 saturated carbocycles. The highest BCUT2D eigenvalue weighted by molar-refractivity contribution is 5.96. The lowest BCUT2D eigenvalue weighted by atomic mass is 10.00. The molecule has 1 atom stereocenters. The van der Waals surface area contributed by atoms with Crippen LogP contribution in [0.3, 0.4) is 0 Å². The second-order valence-corrected chi connectivity index (χ2v) is 6.66. The molecule has 136 valence electrons. The highest BCUT2D eigenvalue weighted by Crippen LogP contribution is 2.33. The molecule has 26 heavy (non-hydrogen) atoms. The molecule has 2 amide bonds. The Kier molecular flexibility index (Phi) is 3.99. The number of morpholine rings is 1. The van der Waals surface area contributed by atoms with Gasteiger partial charge >= 0.3 is 0 Å². The first-order chi connectivity index (χ1) is 12.5. The van der Waals surface area contributed by atoms with Crippen molar-refractivity contribution < 1.29 is 23.1 Å². The van der Waals surface area contributed by atoms with Crippen molar-refractivity contribution in [3.63, 3.8) is 0 Å². The fourth-order valence-corrected chi connectivity index (χ4v) is 3.50. The zero-order valence-electron chi connectivity index (χ0n) is 14.3. The van der Waals surface area contributed by atoms with Crippen molar-refractivity contribution in [2.45, 2.75) is 18.9 Å². The van der Waals surface area contributed by atoms with Gasteiger partial charge in [0.1, 0.15) is 23.8 Å². The van der Waals surface area contributed by atoms with E-state index in [0.29, 0.717) is 43.2 Å². The molecule has 7 nitrogen and oxygen atoms in total. The SMILES string of the molecule is Cc1ocnc1C(=O)N1CCC2(C1)CN(c1ccc(F)cc1)C(=O)CO2. The number of aromatic nitrogens is 1. The molecule has 0 radical (unpaired) electrons. The molecule has 0 bridgehead atoms. The third kappa shape index (κ3) is 2.86. The zero-order chi connectivity index (χ0) is 18.3. The van der Waals surface area contributed by atoms with Gasteiger partial charge in [0, 0.05) is 12.2 Å². The largest absolute Gasteiger partial charge is 0.448 e. The minimum atomic E-state index is -0.629. The van der Waals surface area contributed by atoms with E-state index in [-0.39, 0.29) is 24.2 Å². The van der Waals surface area contributed by atoms with Gasteiger partial charge in [-0.25, -0.2) is 9.37 Å². The van der Waals surface area contributed by atoms with Crippen molar-refractivity contribution in [2.24, 2.45) is 0 Å². The number of halogens is 1. The van der Waals surface area contributed by atoms with Crippen molar-refractivity contribution in [2.75, 3.05) is 31.1 Å². The third-order valence-electron chi connectivity index (χ3n) is 4.94. The minimum absolute atomic E-state index is 0.0671. The highest BCUT2D eigenvalue weighted by Gasteiger charge is 2.47. The first kappa shape index (κ1) is 16.7. The molecule has 2 aliphatic heterocycles. The fourth-order valence-electron chi connectivity index (χ4n) is 3.50. The first-order valence-corrected chi connectivity index (χ1v) is 8.37. The number of carbonyl (C=O) groups excluding carboxylic acids is 2. The third-order valence-corrected chi connectivity index (χ3v) is 4.94. The van der Waals surface area contributed by atoms with E-state index in [9.17, 15) is 14.0 Å². The van der Waals surface area contributed by atoms with E-state index in [0.717, 1.165) is 0 Å². The number of anilines is 1. The summed E-state index contributed by atoms with van der Waals surface area (Å²) >= 11 is 0. The van der Waals surface area contributed by atoms with E-state index < -0.39 is 5.60 Å². The summed E-state index contributed by atoms with van der Waals surface area (Å²) in [6, 6.07) is 5.79. The standard InChI is InChI=1S/C18H18FN3O4/c1-12-16(20-11-25-12)17(24)21-7-6-18(9-21)10-22(15(23)8-26-18)14-4-2-13(19)3-5-14/h2-5,11H,6-10H2,1H3. The average molecular weight is 359 g/mol. The number of oxazole rings is 1. The van der Waals surface area contributed by atoms with E-state index in [4.69, 9.17) is 9.15 Å². The number of hydrogen-bond donors (Lipinski definition) is 0.